The zero-order valence-corrected chi connectivity index (χ0v) is 7.19. The number of hydrogen-bond donors (Lipinski definition) is 0. The molecule has 64 valence electrons. The zero-order chi connectivity index (χ0) is 8.23. The maximum atomic E-state index is 3.67. The summed E-state index contributed by atoms with van der Waals surface area (Å²) in [6.45, 7) is 0. The fraction of sp³-hybridized carbons (Fsp3) is 0.600. The highest BCUT2D eigenvalue weighted by molar-refractivity contribution is 4.91. The van der Waals surface area contributed by atoms with Gasteiger partial charge in [0.1, 0.15) is 6.33 Å². The molecular weight excluding hydrogens is 148 g/mol. The number of nitrogens with zero attached hydrogens (tertiary/aromatic N) is 2. The van der Waals surface area contributed by atoms with E-state index in [2.05, 4.69) is 9.97 Å². The molecule has 2 atom stereocenters. The van der Waals surface area contributed by atoms with E-state index in [1.54, 1.807) is 37.7 Å². The van der Waals surface area contributed by atoms with Crippen LogP contribution in [0.15, 0.2) is 24.8 Å². The molecule has 2 aliphatic rings. The maximum absolute atomic E-state index is 3.67. The van der Waals surface area contributed by atoms with Crippen molar-refractivity contribution in [2.75, 3.05) is 0 Å². The number of fused-ring (bicyclic) bond motifs is 1. The molecule has 12 heavy (non-hydrogen) atoms. The Bertz CT molecular complexity index is 188. The minimum absolute atomic E-state index is 1.21. The summed E-state index contributed by atoms with van der Waals surface area (Å²) in [5, 5.41) is 0. The van der Waals surface area contributed by atoms with Gasteiger partial charge in [0.15, 0.2) is 0 Å². The Morgan fingerprint density at radius 3 is 1.83 bits per heavy atom. The van der Waals surface area contributed by atoms with Crippen LogP contribution >= 0.6 is 0 Å². The molecule has 3 rings (SSSR count). The molecule has 0 saturated heterocycles. The van der Waals surface area contributed by atoms with Crippen LogP contribution in [0, 0.1) is 11.8 Å². The smallest absolute Gasteiger partial charge is 0.115 e. The third kappa shape index (κ3) is 2.03. The van der Waals surface area contributed by atoms with Crippen molar-refractivity contribution in [3.63, 3.8) is 0 Å². The Morgan fingerprint density at radius 1 is 1.00 bits per heavy atom. The van der Waals surface area contributed by atoms with Crippen molar-refractivity contribution in [1.29, 1.82) is 0 Å². The molecule has 0 radical (unpaired) electrons. The highest BCUT2D eigenvalue weighted by atomic mass is 14.8. The zero-order valence-electron chi connectivity index (χ0n) is 7.19. The van der Waals surface area contributed by atoms with E-state index in [1.165, 1.54) is 24.6 Å². The summed E-state index contributed by atoms with van der Waals surface area (Å²) in [7, 11) is 0. The summed E-state index contributed by atoms with van der Waals surface area (Å²) < 4.78 is 0. The Labute approximate surface area is 73.1 Å². The molecule has 0 aliphatic heterocycles. The van der Waals surface area contributed by atoms with E-state index in [0.29, 0.717) is 0 Å². The topological polar surface area (TPSA) is 25.8 Å². The van der Waals surface area contributed by atoms with Crippen LogP contribution in [0.1, 0.15) is 25.7 Å². The minimum atomic E-state index is 1.21. The highest BCUT2D eigenvalue weighted by Crippen LogP contribution is 2.51. The second-order valence-corrected chi connectivity index (χ2v) is 3.59. The van der Waals surface area contributed by atoms with Crippen molar-refractivity contribution in [3.05, 3.63) is 24.8 Å². The van der Waals surface area contributed by atoms with Crippen LogP contribution in [-0.4, -0.2) is 9.97 Å². The largest absolute Gasteiger partial charge is 0.245 e. The first-order chi connectivity index (χ1) is 5.97. The molecular formula is C10H14N2. The van der Waals surface area contributed by atoms with Crippen LogP contribution in [0.3, 0.4) is 0 Å². The summed E-state index contributed by atoms with van der Waals surface area (Å²) >= 11 is 0. The van der Waals surface area contributed by atoms with Crippen molar-refractivity contribution in [1.82, 2.24) is 9.97 Å². The van der Waals surface area contributed by atoms with Gasteiger partial charge in [0, 0.05) is 12.4 Å². The second kappa shape index (κ2) is 3.65. The molecule has 0 aromatic carbocycles. The molecule has 2 nitrogen and oxygen atoms in total. The van der Waals surface area contributed by atoms with E-state index in [4.69, 9.17) is 0 Å². The predicted molar refractivity (Wildman–Crippen MR) is 47.5 cm³/mol. The fourth-order valence-electron chi connectivity index (χ4n) is 1.91. The minimum Gasteiger partial charge on any atom is -0.245 e. The normalized spacial score (nSPS) is 30.0. The van der Waals surface area contributed by atoms with Gasteiger partial charge in [-0.2, -0.15) is 0 Å². The van der Waals surface area contributed by atoms with E-state index in [-0.39, 0.29) is 0 Å². The van der Waals surface area contributed by atoms with Crippen molar-refractivity contribution >= 4 is 0 Å². The van der Waals surface area contributed by atoms with Gasteiger partial charge in [-0.3, -0.25) is 0 Å². The monoisotopic (exact) mass is 162 g/mol. The Balaban J connectivity index is 0.0000000939. The lowest BCUT2D eigenvalue weighted by atomic mass is 10.3. The summed E-state index contributed by atoms with van der Waals surface area (Å²) in [6, 6.07) is 1.78. The Hall–Kier alpha value is -0.920. The molecule has 0 bridgehead atoms. The van der Waals surface area contributed by atoms with Crippen LogP contribution in [0.2, 0.25) is 0 Å². The van der Waals surface area contributed by atoms with Crippen molar-refractivity contribution in [2.24, 2.45) is 11.8 Å². The van der Waals surface area contributed by atoms with Crippen LogP contribution < -0.4 is 0 Å². The summed E-state index contributed by atoms with van der Waals surface area (Å²) in [6.07, 6.45) is 11.1. The molecule has 0 N–H and O–H groups in total. The Kier molecular flexibility index (Phi) is 2.35. The van der Waals surface area contributed by atoms with Crippen molar-refractivity contribution in [2.45, 2.75) is 25.7 Å². The van der Waals surface area contributed by atoms with Crippen LogP contribution in [-0.2, 0) is 0 Å². The Morgan fingerprint density at radius 2 is 1.67 bits per heavy atom. The average Bonchev–Trinajstić information content (AvgIpc) is 2.78. The van der Waals surface area contributed by atoms with Gasteiger partial charge in [0.2, 0.25) is 0 Å². The van der Waals surface area contributed by atoms with E-state index >= 15 is 0 Å². The van der Waals surface area contributed by atoms with E-state index < -0.39 is 0 Å². The molecule has 2 aliphatic carbocycles. The van der Waals surface area contributed by atoms with E-state index in [0.717, 1.165) is 0 Å². The van der Waals surface area contributed by atoms with Gasteiger partial charge < -0.3 is 0 Å². The van der Waals surface area contributed by atoms with Crippen LogP contribution in [0.5, 0.6) is 0 Å². The predicted octanol–water partition coefficient (Wildman–Crippen LogP) is 2.28. The molecule has 1 aromatic rings. The maximum Gasteiger partial charge on any atom is 0.115 e. The first-order valence-electron chi connectivity index (χ1n) is 4.67. The molecule has 2 fully saturated rings. The first kappa shape index (κ1) is 7.71. The standard InChI is InChI=1S/C6H10.C4H4N2/c1-2-5-4-6(5)3-1;1-2-5-4-6-3-1/h5-6H,1-4H2;1-4H. The third-order valence-electron chi connectivity index (χ3n) is 2.70. The molecule has 2 heteroatoms. The van der Waals surface area contributed by atoms with Gasteiger partial charge in [-0.05, 0) is 24.3 Å². The third-order valence-corrected chi connectivity index (χ3v) is 2.70. The van der Waals surface area contributed by atoms with E-state index in [1.807, 2.05) is 0 Å². The van der Waals surface area contributed by atoms with Gasteiger partial charge in [0.05, 0.1) is 0 Å². The summed E-state index contributed by atoms with van der Waals surface area (Å²) in [4.78, 5) is 7.35. The number of rotatable bonds is 0. The summed E-state index contributed by atoms with van der Waals surface area (Å²) in [5.74, 6) is 2.43. The quantitative estimate of drug-likeness (QED) is 0.585. The average molecular weight is 162 g/mol. The molecule has 2 saturated carbocycles. The van der Waals surface area contributed by atoms with Crippen LogP contribution in [0.4, 0.5) is 0 Å². The second-order valence-electron chi connectivity index (χ2n) is 3.59. The van der Waals surface area contributed by atoms with Gasteiger partial charge in [-0.25, -0.2) is 9.97 Å². The van der Waals surface area contributed by atoms with Crippen molar-refractivity contribution < 1.29 is 0 Å². The molecule has 0 spiro atoms. The lowest BCUT2D eigenvalue weighted by molar-refractivity contribution is 0.735. The molecule has 1 heterocycles. The van der Waals surface area contributed by atoms with Gasteiger partial charge in [-0.15, -0.1) is 0 Å². The first-order valence-corrected chi connectivity index (χ1v) is 4.67. The molecule has 2 unspecified atom stereocenters. The highest BCUT2D eigenvalue weighted by Gasteiger charge is 2.40. The molecule has 0 amide bonds. The number of aromatic nitrogens is 2. The van der Waals surface area contributed by atoms with E-state index in [9.17, 15) is 0 Å². The van der Waals surface area contributed by atoms with Crippen LogP contribution in [0.25, 0.3) is 0 Å². The lowest BCUT2D eigenvalue weighted by Crippen LogP contribution is -1.66. The summed E-state index contributed by atoms with van der Waals surface area (Å²) in [5.41, 5.74) is 0. The van der Waals surface area contributed by atoms with Gasteiger partial charge >= 0.3 is 0 Å². The van der Waals surface area contributed by atoms with Gasteiger partial charge in [-0.1, -0.05) is 19.3 Å². The SMILES string of the molecule is C1CC2CC2C1.c1cncnc1. The number of hydrogen-bond acceptors (Lipinski definition) is 2. The molecule has 1 aromatic heterocycles. The van der Waals surface area contributed by atoms with Gasteiger partial charge in [0.25, 0.3) is 0 Å². The fourth-order valence-corrected chi connectivity index (χ4v) is 1.91. The van der Waals surface area contributed by atoms with Crippen molar-refractivity contribution in [3.8, 4) is 0 Å². The lowest BCUT2D eigenvalue weighted by Gasteiger charge is -1.80.